The van der Waals surface area contributed by atoms with Crippen LogP contribution in [0.2, 0.25) is 0 Å². The second kappa shape index (κ2) is 2.44. The molecule has 0 aromatic rings. The third kappa shape index (κ3) is 1.43. The topological polar surface area (TPSA) is 46.5 Å². The van der Waals surface area contributed by atoms with Gasteiger partial charge in [0.1, 0.15) is 0 Å². The normalized spacial score (nSPS) is 33.0. The average Bonchev–Trinajstić information content (AvgIpc) is 1.64. The Morgan fingerprint density at radius 3 is 2.75 bits per heavy atom. The quantitative estimate of drug-likeness (QED) is 0.482. The van der Waals surface area contributed by atoms with Crippen molar-refractivity contribution >= 4 is 0 Å². The summed E-state index contributed by atoms with van der Waals surface area (Å²) in [6.07, 6.45) is 1.25. The Hall–Kier alpha value is -0.120. The summed E-state index contributed by atoms with van der Waals surface area (Å²) in [4.78, 5) is 0. The number of hydroxylamine groups is 2. The van der Waals surface area contributed by atoms with Crippen molar-refractivity contribution in [3.63, 3.8) is 0 Å². The van der Waals surface area contributed by atoms with Crippen molar-refractivity contribution < 1.29 is 5.11 Å². The van der Waals surface area contributed by atoms with Gasteiger partial charge in [-0.25, -0.2) is 0 Å². The summed E-state index contributed by atoms with van der Waals surface area (Å²) in [6, 6.07) is 0. The van der Waals surface area contributed by atoms with E-state index in [1.54, 1.807) is 0 Å². The molecule has 1 unspecified atom stereocenters. The minimum atomic E-state index is -0.374. The molecule has 0 radical (unpaired) electrons. The van der Waals surface area contributed by atoms with Crippen molar-refractivity contribution in [3.8, 4) is 0 Å². The van der Waals surface area contributed by atoms with E-state index >= 15 is 0 Å². The number of nitrogens with zero attached hydrogens (tertiary/aromatic N) is 1. The van der Waals surface area contributed by atoms with Gasteiger partial charge in [-0.3, -0.25) is 0 Å². The molecule has 0 aromatic carbocycles. The first kappa shape index (κ1) is 6.01. The van der Waals surface area contributed by atoms with Crippen LogP contribution in [-0.4, -0.2) is 29.4 Å². The molecular formula is C5H10NO2-. The van der Waals surface area contributed by atoms with Crippen LogP contribution in [0.5, 0.6) is 0 Å². The predicted octanol–water partition coefficient (Wildman–Crippen LogP) is -0.0591. The fourth-order valence-electron chi connectivity index (χ4n) is 0.921. The van der Waals surface area contributed by atoms with Gasteiger partial charge in [-0.15, -0.1) is 0 Å². The highest BCUT2D eigenvalue weighted by atomic mass is 16.5. The Kier molecular flexibility index (Phi) is 1.83. The molecule has 0 saturated carbocycles. The molecule has 3 nitrogen and oxygen atoms in total. The number of rotatable bonds is 0. The fraction of sp³-hybridized carbons (Fsp3) is 1.00. The Morgan fingerprint density at radius 2 is 2.38 bits per heavy atom. The van der Waals surface area contributed by atoms with Crippen molar-refractivity contribution in [2.75, 3.05) is 13.1 Å². The molecule has 0 spiro atoms. The van der Waals surface area contributed by atoms with Gasteiger partial charge in [-0.2, -0.15) is 0 Å². The highest BCUT2D eigenvalue weighted by Gasteiger charge is 2.09. The van der Waals surface area contributed by atoms with E-state index < -0.39 is 0 Å². The number of piperidine rings is 1. The zero-order valence-corrected chi connectivity index (χ0v) is 4.71. The number of hydrogen-bond acceptors (Lipinski definition) is 3. The highest BCUT2D eigenvalue weighted by Crippen LogP contribution is 2.06. The number of aliphatic hydroxyl groups is 1. The molecule has 0 aromatic heterocycles. The maximum atomic E-state index is 10.4. The summed E-state index contributed by atoms with van der Waals surface area (Å²) in [5.74, 6) is 0. The Labute approximate surface area is 48.5 Å². The van der Waals surface area contributed by atoms with Crippen LogP contribution >= 0.6 is 0 Å². The van der Waals surface area contributed by atoms with E-state index in [-0.39, 0.29) is 6.10 Å². The van der Waals surface area contributed by atoms with Crippen LogP contribution in [0.25, 0.3) is 0 Å². The summed E-state index contributed by atoms with van der Waals surface area (Å²) < 4.78 is 0. The van der Waals surface area contributed by atoms with E-state index in [1.807, 2.05) is 0 Å². The molecule has 0 aliphatic carbocycles. The predicted molar refractivity (Wildman–Crippen MR) is 30.2 cm³/mol. The Morgan fingerprint density at radius 1 is 1.62 bits per heavy atom. The lowest BCUT2D eigenvalue weighted by Gasteiger charge is -2.34. The van der Waals surface area contributed by atoms with Crippen LogP contribution in [-0.2, 0) is 0 Å². The van der Waals surface area contributed by atoms with E-state index in [9.17, 15) is 5.21 Å². The molecule has 1 N–H and O–H groups in total. The zero-order valence-electron chi connectivity index (χ0n) is 4.71. The minimum absolute atomic E-state index is 0.306. The van der Waals surface area contributed by atoms with Gasteiger partial charge in [-0.1, -0.05) is 0 Å². The first-order valence-electron chi connectivity index (χ1n) is 2.89. The summed E-state index contributed by atoms with van der Waals surface area (Å²) >= 11 is 0. The summed E-state index contributed by atoms with van der Waals surface area (Å²) in [6.45, 7) is 0.900. The van der Waals surface area contributed by atoms with Crippen LogP contribution < -0.4 is 0 Å². The second-order valence-corrected chi connectivity index (χ2v) is 2.18. The maximum absolute atomic E-state index is 10.4. The van der Waals surface area contributed by atoms with Crippen molar-refractivity contribution in [2.24, 2.45) is 0 Å². The van der Waals surface area contributed by atoms with Crippen LogP contribution in [0.15, 0.2) is 0 Å². The third-order valence-electron chi connectivity index (χ3n) is 1.36. The zero-order chi connectivity index (χ0) is 5.98. The number of β-amino-alcohol motifs (C(OH)–C–C–N with tert-alkyl or cyclic N) is 1. The molecule has 1 atom stereocenters. The number of hydrogen-bond donors (Lipinski definition) is 1. The fourth-order valence-corrected chi connectivity index (χ4v) is 0.921. The molecule has 1 saturated heterocycles. The van der Waals surface area contributed by atoms with Gasteiger partial charge in [0.05, 0.1) is 6.10 Å². The SMILES string of the molecule is [O-]N1CCCC(O)C1. The summed E-state index contributed by atoms with van der Waals surface area (Å²) in [7, 11) is 0. The first-order chi connectivity index (χ1) is 3.79. The molecule has 1 rings (SSSR count). The van der Waals surface area contributed by atoms with E-state index in [0.717, 1.165) is 17.9 Å². The van der Waals surface area contributed by atoms with Crippen LogP contribution in [0, 0.1) is 5.21 Å². The third-order valence-corrected chi connectivity index (χ3v) is 1.36. The smallest absolute Gasteiger partial charge is 0.0658 e. The van der Waals surface area contributed by atoms with Gasteiger partial charge in [0.2, 0.25) is 0 Å². The standard InChI is InChI=1S/C5H10NO2/c7-5-2-1-3-6(8)4-5/h5,7H,1-4H2/q-1. The Balaban J connectivity index is 2.23. The summed E-state index contributed by atoms with van der Waals surface area (Å²) in [5.41, 5.74) is 0. The minimum Gasteiger partial charge on any atom is -0.785 e. The molecule has 0 amide bonds. The lowest BCUT2D eigenvalue weighted by atomic mass is 10.1. The average molecular weight is 116 g/mol. The highest BCUT2D eigenvalue weighted by molar-refractivity contribution is 4.70. The molecule has 8 heavy (non-hydrogen) atoms. The lowest BCUT2D eigenvalue weighted by molar-refractivity contribution is 0.0943. The van der Waals surface area contributed by atoms with Gasteiger partial charge in [0.25, 0.3) is 0 Å². The first-order valence-corrected chi connectivity index (χ1v) is 2.89. The molecular weight excluding hydrogens is 106 g/mol. The monoisotopic (exact) mass is 116 g/mol. The molecule has 1 aliphatic rings. The van der Waals surface area contributed by atoms with E-state index in [4.69, 9.17) is 5.11 Å². The van der Waals surface area contributed by atoms with E-state index in [2.05, 4.69) is 0 Å². The lowest BCUT2D eigenvalue weighted by Crippen LogP contribution is -2.33. The van der Waals surface area contributed by atoms with Crippen LogP contribution in [0.3, 0.4) is 0 Å². The van der Waals surface area contributed by atoms with Crippen molar-refractivity contribution in [3.05, 3.63) is 5.21 Å². The summed E-state index contributed by atoms with van der Waals surface area (Å²) in [5, 5.41) is 20.2. The van der Waals surface area contributed by atoms with Gasteiger partial charge < -0.3 is 15.4 Å². The van der Waals surface area contributed by atoms with Gasteiger partial charge in [0, 0.05) is 6.54 Å². The molecule has 48 valence electrons. The van der Waals surface area contributed by atoms with Gasteiger partial charge in [0.15, 0.2) is 0 Å². The Bertz CT molecular complexity index is 68.8. The van der Waals surface area contributed by atoms with Crippen molar-refractivity contribution in [1.29, 1.82) is 0 Å². The van der Waals surface area contributed by atoms with Crippen molar-refractivity contribution in [1.82, 2.24) is 5.06 Å². The van der Waals surface area contributed by atoms with E-state index in [1.165, 1.54) is 0 Å². The van der Waals surface area contributed by atoms with Crippen molar-refractivity contribution in [2.45, 2.75) is 18.9 Å². The molecule has 3 heteroatoms. The molecule has 0 bridgehead atoms. The molecule has 1 fully saturated rings. The largest absolute Gasteiger partial charge is 0.785 e. The van der Waals surface area contributed by atoms with Crippen LogP contribution in [0.4, 0.5) is 0 Å². The maximum Gasteiger partial charge on any atom is 0.0658 e. The molecule has 1 heterocycles. The van der Waals surface area contributed by atoms with Gasteiger partial charge >= 0.3 is 0 Å². The van der Waals surface area contributed by atoms with E-state index in [0.29, 0.717) is 13.1 Å². The number of aliphatic hydroxyl groups excluding tert-OH is 1. The molecule has 1 aliphatic heterocycles. The van der Waals surface area contributed by atoms with Gasteiger partial charge in [-0.05, 0) is 19.4 Å². The van der Waals surface area contributed by atoms with Crippen LogP contribution in [0.1, 0.15) is 12.8 Å². The second-order valence-electron chi connectivity index (χ2n) is 2.18.